The Morgan fingerprint density at radius 1 is 1.36 bits per heavy atom. The van der Waals surface area contributed by atoms with Gasteiger partial charge in [0, 0.05) is 11.7 Å². The van der Waals surface area contributed by atoms with Crippen LogP contribution in [-0.2, 0) is 17.8 Å². The van der Waals surface area contributed by atoms with E-state index in [9.17, 15) is 9.59 Å². The van der Waals surface area contributed by atoms with Crippen LogP contribution in [0.4, 0.5) is 5.69 Å². The van der Waals surface area contributed by atoms with Crippen LogP contribution < -0.4 is 10.5 Å². The Hall–Kier alpha value is -1.47. The number of para-hydroxylation sites is 1. The molecule has 5 nitrogen and oxygen atoms in total. The Labute approximate surface area is 144 Å². The van der Waals surface area contributed by atoms with Crippen LogP contribution in [0.2, 0.25) is 0 Å². The highest BCUT2D eigenvalue weighted by atomic mass is 79.9. The van der Waals surface area contributed by atoms with Crippen molar-refractivity contribution in [2.45, 2.75) is 25.9 Å². The van der Waals surface area contributed by atoms with Gasteiger partial charge in [0.1, 0.15) is 11.0 Å². The molecule has 1 aliphatic heterocycles. The summed E-state index contributed by atoms with van der Waals surface area (Å²) in [6.07, 6.45) is 2.33. The molecule has 0 unspecified atom stereocenters. The van der Waals surface area contributed by atoms with Crippen molar-refractivity contribution in [3.63, 3.8) is 0 Å². The number of anilines is 1. The van der Waals surface area contributed by atoms with Crippen LogP contribution in [0.5, 0.6) is 0 Å². The molecule has 2 aromatic rings. The van der Waals surface area contributed by atoms with E-state index in [4.69, 9.17) is 0 Å². The Bertz CT molecular complexity index is 804. The van der Waals surface area contributed by atoms with Crippen LogP contribution >= 0.6 is 31.9 Å². The summed E-state index contributed by atoms with van der Waals surface area (Å²) in [5, 5.41) is 4.01. The highest BCUT2D eigenvalue weighted by Gasteiger charge is 2.30. The van der Waals surface area contributed by atoms with Gasteiger partial charge in [-0.15, -0.1) is 0 Å². The molecule has 0 saturated heterocycles. The average Bonchev–Trinajstić information content (AvgIpc) is 2.83. The molecule has 0 bridgehead atoms. The molecule has 2 heterocycles. The van der Waals surface area contributed by atoms with Crippen LogP contribution in [0.15, 0.2) is 44.2 Å². The maximum Gasteiger partial charge on any atom is 0.282 e. The predicted octanol–water partition coefficient (Wildman–Crippen LogP) is 2.75. The van der Waals surface area contributed by atoms with Crippen molar-refractivity contribution < 1.29 is 4.79 Å². The Morgan fingerprint density at radius 2 is 2.09 bits per heavy atom. The Balaban J connectivity index is 1.90. The molecule has 114 valence electrons. The van der Waals surface area contributed by atoms with Crippen molar-refractivity contribution in [2.24, 2.45) is 0 Å². The van der Waals surface area contributed by atoms with Crippen LogP contribution in [0.3, 0.4) is 0 Å². The van der Waals surface area contributed by atoms with E-state index in [1.807, 2.05) is 31.2 Å². The molecule has 0 fully saturated rings. The van der Waals surface area contributed by atoms with Gasteiger partial charge in [-0.3, -0.25) is 9.59 Å². The molecule has 3 rings (SSSR count). The number of halogens is 2. The zero-order valence-electron chi connectivity index (χ0n) is 11.8. The van der Waals surface area contributed by atoms with Gasteiger partial charge in [0.2, 0.25) is 5.91 Å². The smallest absolute Gasteiger partial charge is 0.282 e. The van der Waals surface area contributed by atoms with E-state index < -0.39 is 0 Å². The quantitative estimate of drug-likeness (QED) is 0.741. The average molecular weight is 427 g/mol. The summed E-state index contributed by atoms with van der Waals surface area (Å²) < 4.78 is 2.11. The van der Waals surface area contributed by atoms with E-state index in [0.717, 1.165) is 17.7 Å². The van der Waals surface area contributed by atoms with Gasteiger partial charge < -0.3 is 4.90 Å². The topological polar surface area (TPSA) is 55.2 Å². The lowest BCUT2D eigenvalue weighted by molar-refractivity contribution is -0.119. The summed E-state index contributed by atoms with van der Waals surface area (Å²) in [5.41, 5.74) is 1.74. The van der Waals surface area contributed by atoms with E-state index in [2.05, 4.69) is 37.0 Å². The van der Waals surface area contributed by atoms with E-state index in [0.29, 0.717) is 8.95 Å². The van der Waals surface area contributed by atoms with Crippen LogP contribution in [-0.4, -0.2) is 21.7 Å². The molecule has 0 spiro atoms. The van der Waals surface area contributed by atoms with Gasteiger partial charge in [0.25, 0.3) is 5.56 Å². The number of nitrogens with zero attached hydrogens (tertiary/aromatic N) is 3. The minimum absolute atomic E-state index is 0.0800. The van der Waals surface area contributed by atoms with E-state index >= 15 is 0 Å². The normalized spacial score (nSPS) is 16.7. The highest BCUT2D eigenvalue weighted by molar-refractivity contribution is 9.13. The summed E-state index contributed by atoms with van der Waals surface area (Å²) in [6, 6.07) is 7.93. The van der Waals surface area contributed by atoms with Crippen LogP contribution in [0, 0.1) is 0 Å². The molecule has 7 heteroatoms. The maximum atomic E-state index is 12.6. The number of carbonyl (C=O) groups is 1. The van der Waals surface area contributed by atoms with Gasteiger partial charge in [-0.2, -0.15) is 5.10 Å². The first kappa shape index (κ1) is 15.4. The zero-order valence-corrected chi connectivity index (χ0v) is 15.0. The zero-order chi connectivity index (χ0) is 15.9. The summed E-state index contributed by atoms with van der Waals surface area (Å²) in [7, 11) is 0. The van der Waals surface area contributed by atoms with Gasteiger partial charge in [0.15, 0.2) is 0 Å². The van der Waals surface area contributed by atoms with E-state index in [1.165, 1.54) is 10.9 Å². The number of aromatic nitrogens is 2. The number of fused-ring (bicyclic) bond motifs is 1. The predicted molar refractivity (Wildman–Crippen MR) is 91.0 cm³/mol. The third-order valence-corrected chi connectivity index (χ3v) is 5.60. The molecule has 0 saturated carbocycles. The Kier molecular flexibility index (Phi) is 4.18. The largest absolute Gasteiger partial charge is 0.307 e. The molecule has 1 atom stereocenters. The fourth-order valence-electron chi connectivity index (χ4n) is 2.71. The van der Waals surface area contributed by atoms with Crippen molar-refractivity contribution in [3.05, 3.63) is 55.3 Å². The minimum Gasteiger partial charge on any atom is -0.307 e. The van der Waals surface area contributed by atoms with Gasteiger partial charge in [-0.05, 0) is 56.8 Å². The SMILES string of the molecule is C[C@H]1Cc2ccccc2N1C(=O)Cn1ncc(Br)c(Br)c1=O. The summed E-state index contributed by atoms with van der Waals surface area (Å²) in [6.45, 7) is 1.93. The summed E-state index contributed by atoms with van der Waals surface area (Å²) in [5.74, 6) is -0.138. The molecule has 1 aromatic carbocycles. The molecular weight excluding hydrogens is 414 g/mol. The molecule has 0 radical (unpaired) electrons. The van der Waals surface area contributed by atoms with E-state index in [1.54, 1.807) is 4.90 Å². The van der Waals surface area contributed by atoms with Crippen molar-refractivity contribution in [1.82, 2.24) is 9.78 Å². The second kappa shape index (κ2) is 5.96. The standard InChI is InChI=1S/C15H13Br2N3O2/c1-9-6-10-4-2-3-5-12(10)20(9)13(21)8-19-15(22)14(17)11(16)7-18-19/h2-5,7,9H,6,8H2,1H3/t9-/m0/s1. The summed E-state index contributed by atoms with van der Waals surface area (Å²) >= 11 is 6.42. The third-order valence-electron chi connectivity index (χ3n) is 3.70. The lowest BCUT2D eigenvalue weighted by atomic mass is 10.1. The number of benzene rings is 1. The summed E-state index contributed by atoms with van der Waals surface area (Å²) in [4.78, 5) is 26.5. The van der Waals surface area contributed by atoms with Gasteiger partial charge in [-0.1, -0.05) is 18.2 Å². The van der Waals surface area contributed by atoms with Crippen molar-refractivity contribution in [1.29, 1.82) is 0 Å². The minimum atomic E-state index is -0.331. The fourth-order valence-corrected chi connectivity index (χ4v) is 3.28. The first-order valence-electron chi connectivity index (χ1n) is 6.80. The molecule has 0 aliphatic carbocycles. The Morgan fingerprint density at radius 3 is 2.86 bits per heavy atom. The molecule has 1 amide bonds. The van der Waals surface area contributed by atoms with Crippen LogP contribution in [0.25, 0.3) is 0 Å². The third kappa shape index (κ3) is 2.63. The lowest BCUT2D eigenvalue weighted by Gasteiger charge is -2.22. The second-order valence-electron chi connectivity index (χ2n) is 5.21. The van der Waals surface area contributed by atoms with Crippen LogP contribution in [0.1, 0.15) is 12.5 Å². The number of rotatable bonds is 2. The van der Waals surface area contributed by atoms with Gasteiger partial charge in [0.05, 0.1) is 10.7 Å². The molecule has 0 N–H and O–H groups in total. The number of amides is 1. The first-order chi connectivity index (χ1) is 10.5. The lowest BCUT2D eigenvalue weighted by Crippen LogP contribution is -2.40. The second-order valence-corrected chi connectivity index (χ2v) is 6.86. The highest BCUT2D eigenvalue weighted by Crippen LogP contribution is 2.31. The monoisotopic (exact) mass is 425 g/mol. The van der Waals surface area contributed by atoms with Crippen molar-refractivity contribution in [3.8, 4) is 0 Å². The molecular formula is C15H13Br2N3O2. The molecule has 22 heavy (non-hydrogen) atoms. The first-order valence-corrected chi connectivity index (χ1v) is 8.38. The van der Waals surface area contributed by atoms with E-state index in [-0.39, 0.29) is 24.1 Å². The molecule has 1 aromatic heterocycles. The number of hydrogen-bond acceptors (Lipinski definition) is 3. The van der Waals surface area contributed by atoms with Crippen molar-refractivity contribution >= 4 is 43.5 Å². The maximum absolute atomic E-state index is 12.6. The number of carbonyl (C=O) groups excluding carboxylic acids is 1. The fraction of sp³-hybridized carbons (Fsp3) is 0.267. The molecule has 1 aliphatic rings. The van der Waals surface area contributed by atoms with Gasteiger partial charge >= 0.3 is 0 Å². The number of hydrogen-bond donors (Lipinski definition) is 0. The van der Waals surface area contributed by atoms with Gasteiger partial charge in [-0.25, -0.2) is 4.68 Å². The van der Waals surface area contributed by atoms with Crippen molar-refractivity contribution in [2.75, 3.05) is 4.90 Å².